The second kappa shape index (κ2) is 5.91. The topological polar surface area (TPSA) is 29.9 Å². The summed E-state index contributed by atoms with van der Waals surface area (Å²) in [5.74, 6) is 0.749. The van der Waals surface area contributed by atoms with Crippen molar-refractivity contribution in [2.45, 2.75) is 39.7 Å². The van der Waals surface area contributed by atoms with Crippen LogP contribution in [0.15, 0.2) is 12.4 Å². The number of hydrogen-bond acceptors (Lipinski definition) is 2. The van der Waals surface area contributed by atoms with Gasteiger partial charge in [-0.05, 0) is 31.4 Å². The van der Waals surface area contributed by atoms with E-state index in [1.807, 2.05) is 17.9 Å². The van der Waals surface area contributed by atoms with Gasteiger partial charge >= 0.3 is 0 Å². The van der Waals surface area contributed by atoms with Crippen LogP contribution in [0.2, 0.25) is 0 Å². The summed E-state index contributed by atoms with van der Waals surface area (Å²) in [7, 11) is 1.96. The Kier molecular flexibility index (Phi) is 4.82. The van der Waals surface area contributed by atoms with Crippen LogP contribution in [0.3, 0.4) is 0 Å². The first-order valence-corrected chi connectivity index (χ1v) is 5.84. The zero-order valence-electron chi connectivity index (χ0n) is 10.3. The van der Waals surface area contributed by atoms with Crippen molar-refractivity contribution in [1.82, 2.24) is 15.1 Å². The molecule has 0 aliphatic heterocycles. The van der Waals surface area contributed by atoms with Gasteiger partial charge < -0.3 is 5.32 Å². The minimum absolute atomic E-state index is 0.603. The van der Waals surface area contributed by atoms with Gasteiger partial charge in [-0.25, -0.2) is 0 Å². The van der Waals surface area contributed by atoms with Gasteiger partial charge in [-0.2, -0.15) is 5.10 Å². The van der Waals surface area contributed by atoms with Crippen molar-refractivity contribution in [1.29, 1.82) is 0 Å². The van der Waals surface area contributed by atoms with Gasteiger partial charge in [0.25, 0.3) is 0 Å². The van der Waals surface area contributed by atoms with Crippen molar-refractivity contribution < 1.29 is 0 Å². The van der Waals surface area contributed by atoms with Crippen molar-refractivity contribution in [2.75, 3.05) is 6.54 Å². The van der Waals surface area contributed by atoms with Crippen LogP contribution in [0.1, 0.15) is 32.8 Å². The third-order valence-corrected chi connectivity index (χ3v) is 3.14. The van der Waals surface area contributed by atoms with Crippen molar-refractivity contribution in [3.8, 4) is 0 Å². The second-order valence-corrected chi connectivity index (χ2v) is 4.40. The summed E-state index contributed by atoms with van der Waals surface area (Å²) in [6, 6.07) is 0.603. The quantitative estimate of drug-likeness (QED) is 0.776. The Morgan fingerprint density at radius 2 is 2.20 bits per heavy atom. The largest absolute Gasteiger partial charge is 0.314 e. The van der Waals surface area contributed by atoms with E-state index in [0.29, 0.717) is 6.04 Å². The number of nitrogens with zero attached hydrogens (tertiary/aromatic N) is 2. The Morgan fingerprint density at radius 3 is 2.73 bits per heavy atom. The molecule has 2 atom stereocenters. The number of nitrogens with one attached hydrogen (secondary N) is 1. The molecule has 0 saturated heterocycles. The first kappa shape index (κ1) is 12.2. The molecule has 1 aromatic heterocycles. The van der Waals surface area contributed by atoms with E-state index in [0.717, 1.165) is 18.9 Å². The molecule has 3 nitrogen and oxygen atoms in total. The highest BCUT2D eigenvalue weighted by molar-refractivity contribution is 5.03. The lowest BCUT2D eigenvalue weighted by atomic mass is 10.0. The van der Waals surface area contributed by atoms with E-state index in [4.69, 9.17) is 0 Å². The maximum atomic E-state index is 4.15. The summed E-state index contributed by atoms with van der Waals surface area (Å²) in [5, 5.41) is 7.71. The molecule has 0 bridgehead atoms. The van der Waals surface area contributed by atoms with Crippen molar-refractivity contribution >= 4 is 0 Å². The molecule has 1 N–H and O–H groups in total. The Hall–Kier alpha value is -0.830. The Morgan fingerprint density at radius 1 is 1.47 bits per heavy atom. The molecule has 15 heavy (non-hydrogen) atoms. The van der Waals surface area contributed by atoms with E-state index in [-0.39, 0.29) is 0 Å². The molecule has 2 unspecified atom stereocenters. The Bertz CT molecular complexity index is 280. The molecular formula is C12H23N3. The molecule has 0 amide bonds. The average molecular weight is 209 g/mol. The van der Waals surface area contributed by atoms with Gasteiger partial charge in [0.15, 0.2) is 0 Å². The van der Waals surface area contributed by atoms with Gasteiger partial charge in [0, 0.05) is 19.3 Å². The fourth-order valence-corrected chi connectivity index (χ4v) is 1.60. The number of hydrogen-bond donors (Lipinski definition) is 1. The monoisotopic (exact) mass is 209 g/mol. The van der Waals surface area contributed by atoms with Gasteiger partial charge in [0.2, 0.25) is 0 Å². The van der Waals surface area contributed by atoms with Gasteiger partial charge in [-0.3, -0.25) is 4.68 Å². The van der Waals surface area contributed by atoms with Crippen LogP contribution in [-0.2, 0) is 13.5 Å². The number of aromatic nitrogens is 2. The number of aryl methyl sites for hydroxylation is 1. The van der Waals surface area contributed by atoms with Crippen molar-refractivity contribution in [3.63, 3.8) is 0 Å². The molecule has 3 heteroatoms. The normalized spacial score (nSPS) is 15.2. The van der Waals surface area contributed by atoms with Crippen LogP contribution in [0.4, 0.5) is 0 Å². The smallest absolute Gasteiger partial charge is 0.0522 e. The van der Waals surface area contributed by atoms with Crippen LogP contribution in [0, 0.1) is 5.92 Å². The Labute approximate surface area is 92.9 Å². The summed E-state index contributed by atoms with van der Waals surface area (Å²) in [6.45, 7) is 7.83. The molecule has 86 valence electrons. The molecule has 1 rings (SSSR count). The van der Waals surface area contributed by atoms with Crippen molar-refractivity contribution in [2.24, 2.45) is 13.0 Å². The highest BCUT2D eigenvalue weighted by atomic mass is 15.2. The number of rotatable bonds is 6. The minimum Gasteiger partial charge on any atom is -0.314 e. The highest BCUT2D eigenvalue weighted by Gasteiger charge is 2.08. The van der Waals surface area contributed by atoms with Crippen LogP contribution in [-0.4, -0.2) is 22.4 Å². The minimum atomic E-state index is 0.603. The highest BCUT2D eigenvalue weighted by Crippen LogP contribution is 2.06. The second-order valence-electron chi connectivity index (χ2n) is 4.40. The van der Waals surface area contributed by atoms with Crippen LogP contribution >= 0.6 is 0 Å². The van der Waals surface area contributed by atoms with Gasteiger partial charge in [-0.15, -0.1) is 0 Å². The van der Waals surface area contributed by atoms with E-state index in [1.54, 1.807) is 0 Å². The van der Waals surface area contributed by atoms with Crippen molar-refractivity contribution in [3.05, 3.63) is 18.0 Å². The lowest BCUT2D eigenvalue weighted by Gasteiger charge is -2.19. The molecule has 0 saturated carbocycles. The first-order chi connectivity index (χ1) is 7.13. The first-order valence-electron chi connectivity index (χ1n) is 5.84. The van der Waals surface area contributed by atoms with E-state index < -0.39 is 0 Å². The molecule has 0 fully saturated rings. The van der Waals surface area contributed by atoms with Gasteiger partial charge in [0.05, 0.1) is 6.20 Å². The zero-order valence-corrected chi connectivity index (χ0v) is 10.3. The van der Waals surface area contributed by atoms with E-state index >= 15 is 0 Å². The molecule has 0 radical (unpaired) electrons. The summed E-state index contributed by atoms with van der Waals surface area (Å²) < 4.78 is 1.85. The average Bonchev–Trinajstić information content (AvgIpc) is 2.63. The van der Waals surface area contributed by atoms with Crippen LogP contribution in [0.5, 0.6) is 0 Å². The summed E-state index contributed by atoms with van der Waals surface area (Å²) in [5.41, 5.74) is 1.31. The molecule has 0 aliphatic rings. The fourth-order valence-electron chi connectivity index (χ4n) is 1.60. The molecular weight excluding hydrogens is 186 g/mol. The molecule has 0 aliphatic carbocycles. The maximum Gasteiger partial charge on any atom is 0.0522 e. The third-order valence-electron chi connectivity index (χ3n) is 3.14. The lowest BCUT2D eigenvalue weighted by molar-refractivity contribution is 0.393. The van der Waals surface area contributed by atoms with Gasteiger partial charge in [0.1, 0.15) is 0 Å². The predicted molar refractivity (Wildman–Crippen MR) is 63.8 cm³/mol. The molecule has 0 spiro atoms. The maximum absolute atomic E-state index is 4.15. The van der Waals surface area contributed by atoms with Gasteiger partial charge in [-0.1, -0.05) is 20.3 Å². The van der Waals surface area contributed by atoms with E-state index in [2.05, 4.69) is 37.4 Å². The molecule has 0 aromatic carbocycles. The van der Waals surface area contributed by atoms with Crippen LogP contribution < -0.4 is 5.32 Å². The zero-order chi connectivity index (χ0) is 11.3. The fraction of sp³-hybridized carbons (Fsp3) is 0.750. The predicted octanol–water partition coefficient (Wildman–Crippen LogP) is 1.99. The summed E-state index contributed by atoms with van der Waals surface area (Å²) in [6.07, 6.45) is 6.32. The van der Waals surface area contributed by atoms with Crippen LogP contribution in [0.25, 0.3) is 0 Å². The van der Waals surface area contributed by atoms with E-state index in [1.165, 1.54) is 12.0 Å². The Balaban J connectivity index is 2.21. The standard InChI is InChI=1S/C12H23N3/c1-5-10(2)11(3)13-7-6-12-8-14-15(4)9-12/h8-11,13H,5-7H2,1-4H3. The molecule has 1 heterocycles. The van der Waals surface area contributed by atoms with E-state index in [9.17, 15) is 0 Å². The molecule has 1 aromatic rings. The lowest BCUT2D eigenvalue weighted by Crippen LogP contribution is -2.33. The summed E-state index contributed by atoms with van der Waals surface area (Å²) in [4.78, 5) is 0. The SMILES string of the molecule is CCC(C)C(C)NCCc1cnn(C)c1. The third kappa shape index (κ3) is 4.04. The summed E-state index contributed by atoms with van der Waals surface area (Å²) >= 11 is 0.